The minimum atomic E-state index is 0.228. The number of nitrogens with one attached hydrogen (secondary N) is 2. The van der Waals surface area contributed by atoms with Crippen molar-refractivity contribution in [2.45, 2.75) is 45.2 Å². The Labute approximate surface area is 153 Å². The van der Waals surface area contributed by atoms with E-state index in [4.69, 9.17) is 0 Å². The predicted molar refractivity (Wildman–Crippen MR) is 105 cm³/mol. The van der Waals surface area contributed by atoms with Crippen LogP contribution >= 0.6 is 0 Å². The van der Waals surface area contributed by atoms with Gasteiger partial charge in [-0.05, 0) is 62.8 Å². The Balaban J connectivity index is 1.65. The first-order chi connectivity index (χ1) is 12.6. The number of allylic oxidation sites excluding steroid dienone is 1. The topological polar surface area (TPSA) is 75.6 Å². The summed E-state index contributed by atoms with van der Waals surface area (Å²) < 4.78 is 0. The van der Waals surface area contributed by atoms with E-state index in [0.29, 0.717) is 35.4 Å². The molecule has 1 fully saturated rings. The molecule has 0 saturated heterocycles. The summed E-state index contributed by atoms with van der Waals surface area (Å²) in [5.74, 6) is 2.45. The van der Waals surface area contributed by atoms with Crippen molar-refractivity contribution in [1.29, 1.82) is 0 Å². The highest BCUT2D eigenvalue weighted by Crippen LogP contribution is 2.33. The van der Waals surface area contributed by atoms with Gasteiger partial charge in [-0.15, -0.1) is 0 Å². The van der Waals surface area contributed by atoms with E-state index in [1.165, 1.54) is 18.4 Å². The molecule has 0 aliphatic heterocycles. The number of pyridine rings is 1. The molecule has 2 aliphatic rings. The zero-order valence-electron chi connectivity index (χ0n) is 15.2. The summed E-state index contributed by atoms with van der Waals surface area (Å²) >= 11 is 0. The van der Waals surface area contributed by atoms with Crippen LogP contribution in [0.3, 0.4) is 0 Å². The lowest BCUT2D eigenvalue weighted by atomic mass is 10.2. The number of hydrogen-bond acceptors (Lipinski definition) is 6. The van der Waals surface area contributed by atoms with Crippen LogP contribution in [0.1, 0.15) is 38.8 Å². The predicted octanol–water partition coefficient (Wildman–Crippen LogP) is 3.92. The van der Waals surface area contributed by atoms with Crippen LogP contribution in [-0.2, 0) is 0 Å². The van der Waals surface area contributed by atoms with Gasteiger partial charge in [0.25, 0.3) is 0 Å². The maximum absolute atomic E-state index is 4.61. The molecule has 6 heteroatoms. The Morgan fingerprint density at radius 2 is 1.81 bits per heavy atom. The van der Waals surface area contributed by atoms with Crippen LogP contribution in [0, 0.1) is 5.92 Å². The van der Waals surface area contributed by atoms with Crippen LogP contribution in [0.4, 0.5) is 11.9 Å². The van der Waals surface area contributed by atoms with Gasteiger partial charge in [-0.1, -0.05) is 18.7 Å². The highest BCUT2D eigenvalue weighted by atomic mass is 15.2. The van der Waals surface area contributed by atoms with Crippen molar-refractivity contribution in [3.8, 4) is 11.5 Å². The van der Waals surface area contributed by atoms with Crippen LogP contribution < -0.4 is 10.6 Å². The van der Waals surface area contributed by atoms with E-state index in [0.717, 1.165) is 12.1 Å². The monoisotopic (exact) mass is 348 g/mol. The maximum atomic E-state index is 4.61. The van der Waals surface area contributed by atoms with Gasteiger partial charge in [-0.2, -0.15) is 15.0 Å². The molecule has 2 heterocycles. The molecule has 134 valence electrons. The van der Waals surface area contributed by atoms with Crippen LogP contribution in [0.2, 0.25) is 0 Å². The SMILES string of the molecule is C=Cc1cccc(-c2nc(N[C@H](C)C3=CC3)nc(N[C@H](C)C3CC3)n2)n1. The van der Waals surface area contributed by atoms with Crippen molar-refractivity contribution in [2.24, 2.45) is 5.92 Å². The second-order valence-corrected chi connectivity index (χ2v) is 7.08. The molecule has 1 saturated carbocycles. The Morgan fingerprint density at radius 3 is 2.46 bits per heavy atom. The van der Waals surface area contributed by atoms with Gasteiger partial charge >= 0.3 is 0 Å². The van der Waals surface area contributed by atoms with Crippen LogP contribution in [0.15, 0.2) is 36.4 Å². The van der Waals surface area contributed by atoms with Crippen molar-refractivity contribution in [2.75, 3.05) is 10.6 Å². The van der Waals surface area contributed by atoms with Crippen LogP contribution in [-0.4, -0.2) is 32.0 Å². The third kappa shape index (κ3) is 3.90. The van der Waals surface area contributed by atoms with Gasteiger partial charge in [0.05, 0.1) is 5.69 Å². The summed E-state index contributed by atoms with van der Waals surface area (Å²) in [6, 6.07) is 6.34. The summed E-state index contributed by atoms with van der Waals surface area (Å²) in [6.07, 6.45) is 7.54. The van der Waals surface area contributed by atoms with Crippen molar-refractivity contribution < 1.29 is 0 Å². The standard InChI is InChI=1S/C20H24N6/c1-4-16-6-5-7-17(23-16)18-24-19(21-12(2)14-8-9-14)26-20(25-18)22-13(3)15-10-11-15/h4-8,12-13,15H,1,9-11H2,2-3H3,(H2,21,22,24,25,26)/t12-,13-/m1/s1. The minimum Gasteiger partial charge on any atom is -0.351 e. The summed E-state index contributed by atoms with van der Waals surface area (Å²) in [7, 11) is 0. The molecule has 0 spiro atoms. The lowest BCUT2D eigenvalue weighted by Crippen LogP contribution is -2.22. The van der Waals surface area contributed by atoms with Gasteiger partial charge in [0.2, 0.25) is 11.9 Å². The van der Waals surface area contributed by atoms with E-state index in [-0.39, 0.29) is 6.04 Å². The highest BCUT2D eigenvalue weighted by molar-refractivity contribution is 5.57. The molecule has 2 aromatic rings. The van der Waals surface area contributed by atoms with E-state index < -0.39 is 0 Å². The zero-order valence-corrected chi connectivity index (χ0v) is 15.2. The summed E-state index contributed by atoms with van der Waals surface area (Å²) in [5.41, 5.74) is 2.91. The Hall–Kier alpha value is -2.76. The quantitative estimate of drug-likeness (QED) is 0.704. The average molecular weight is 348 g/mol. The van der Waals surface area contributed by atoms with Gasteiger partial charge in [0.15, 0.2) is 5.82 Å². The van der Waals surface area contributed by atoms with E-state index in [2.05, 4.69) is 57.1 Å². The van der Waals surface area contributed by atoms with Crippen molar-refractivity contribution in [1.82, 2.24) is 19.9 Å². The first kappa shape index (κ1) is 16.7. The number of hydrogen-bond donors (Lipinski definition) is 2. The second-order valence-electron chi connectivity index (χ2n) is 7.08. The summed E-state index contributed by atoms with van der Waals surface area (Å²) in [6.45, 7) is 8.09. The number of rotatable bonds is 8. The third-order valence-electron chi connectivity index (χ3n) is 4.87. The number of aromatic nitrogens is 4. The van der Waals surface area contributed by atoms with Crippen molar-refractivity contribution >= 4 is 18.0 Å². The smallest absolute Gasteiger partial charge is 0.228 e. The first-order valence-corrected chi connectivity index (χ1v) is 9.20. The Kier molecular flexibility index (Phi) is 4.41. The van der Waals surface area contributed by atoms with Gasteiger partial charge in [0.1, 0.15) is 5.69 Å². The third-order valence-corrected chi connectivity index (χ3v) is 4.87. The largest absolute Gasteiger partial charge is 0.351 e. The first-order valence-electron chi connectivity index (χ1n) is 9.20. The zero-order chi connectivity index (χ0) is 18.1. The highest BCUT2D eigenvalue weighted by Gasteiger charge is 2.28. The second kappa shape index (κ2) is 6.86. The normalized spacial score (nSPS) is 17.8. The van der Waals surface area contributed by atoms with Gasteiger partial charge in [0, 0.05) is 12.1 Å². The number of anilines is 2. The summed E-state index contributed by atoms with van der Waals surface area (Å²) in [5, 5.41) is 6.82. The molecule has 0 amide bonds. The number of nitrogens with zero attached hydrogens (tertiary/aromatic N) is 4. The molecule has 0 radical (unpaired) electrons. The molecule has 2 aromatic heterocycles. The molecule has 26 heavy (non-hydrogen) atoms. The lowest BCUT2D eigenvalue weighted by Gasteiger charge is -2.16. The van der Waals surface area contributed by atoms with E-state index in [1.54, 1.807) is 6.08 Å². The fraction of sp³-hybridized carbons (Fsp3) is 0.400. The molecular weight excluding hydrogens is 324 g/mol. The molecular formula is C20H24N6. The van der Waals surface area contributed by atoms with Crippen LogP contribution in [0.5, 0.6) is 0 Å². The maximum Gasteiger partial charge on any atom is 0.228 e. The van der Waals surface area contributed by atoms with Gasteiger partial charge < -0.3 is 10.6 Å². The van der Waals surface area contributed by atoms with Crippen LogP contribution in [0.25, 0.3) is 17.6 Å². The van der Waals surface area contributed by atoms with E-state index in [9.17, 15) is 0 Å². The molecule has 0 unspecified atom stereocenters. The van der Waals surface area contributed by atoms with E-state index >= 15 is 0 Å². The molecule has 2 N–H and O–H groups in total. The fourth-order valence-corrected chi connectivity index (χ4v) is 2.93. The minimum absolute atomic E-state index is 0.228. The lowest BCUT2D eigenvalue weighted by molar-refractivity contribution is 0.685. The average Bonchev–Trinajstić information content (AvgIpc) is 3.53. The molecule has 2 aliphatic carbocycles. The molecule has 0 aromatic carbocycles. The Morgan fingerprint density at radius 1 is 1.08 bits per heavy atom. The summed E-state index contributed by atoms with van der Waals surface area (Å²) in [4.78, 5) is 18.4. The van der Waals surface area contributed by atoms with Gasteiger partial charge in [-0.3, -0.25) is 0 Å². The Bertz CT molecular complexity index is 855. The molecule has 2 atom stereocenters. The molecule has 4 rings (SSSR count). The van der Waals surface area contributed by atoms with Crippen molar-refractivity contribution in [3.63, 3.8) is 0 Å². The molecule has 0 bridgehead atoms. The molecule has 6 nitrogen and oxygen atoms in total. The van der Waals surface area contributed by atoms with E-state index in [1.807, 2.05) is 18.2 Å². The van der Waals surface area contributed by atoms with Gasteiger partial charge in [-0.25, -0.2) is 4.98 Å². The fourth-order valence-electron chi connectivity index (χ4n) is 2.93. The van der Waals surface area contributed by atoms with Crippen molar-refractivity contribution in [3.05, 3.63) is 42.1 Å².